The first-order valence-electron chi connectivity index (χ1n) is 37.3. The fourth-order valence-electron chi connectivity index (χ4n) is 13.3. The summed E-state index contributed by atoms with van der Waals surface area (Å²) in [6.45, 7) is 4.01. The van der Waals surface area contributed by atoms with E-state index in [1.807, 2.05) is 0 Å². The molecule has 26 heteroatoms. The fraction of sp³-hybridized carbons (Fsp3) is 0.971. The molecule has 4 heterocycles. The van der Waals surface area contributed by atoms with E-state index in [0.717, 1.165) is 64.7 Å². The van der Waals surface area contributed by atoms with Crippen LogP contribution in [0.4, 0.5) is 0 Å². The molecule has 4 saturated heterocycles. The van der Waals surface area contributed by atoms with Crippen molar-refractivity contribution < 1.29 is 119 Å². The molecule has 566 valence electrons. The summed E-state index contributed by atoms with van der Waals surface area (Å²) in [6, 6.07) is -2.92. The predicted molar refractivity (Wildman–Crippen MR) is 355 cm³/mol. The average molecular weight is 1390 g/mol. The molecule has 4 aliphatic rings. The molecule has 24 atom stereocenters. The predicted octanol–water partition coefficient (Wildman–Crippen LogP) is 4.10. The molecule has 0 aromatic carbocycles. The highest BCUT2D eigenvalue weighted by atomic mass is 16.8. The number of aliphatic hydroxyl groups is 14. The minimum absolute atomic E-state index is 0.126. The number of hydrogen-bond acceptors (Lipinski definition) is 24. The summed E-state index contributed by atoms with van der Waals surface area (Å²) >= 11 is 0. The van der Waals surface area contributed by atoms with Crippen molar-refractivity contribution in [1.82, 2.24) is 10.6 Å². The Hall–Kier alpha value is -1.94. The lowest BCUT2D eigenvalue weighted by molar-refractivity contribution is -0.371. The van der Waals surface area contributed by atoms with E-state index >= 15 is 0 Å². The van der Waals surface area contributed by atoms with Gasteiger partial charge in [0, 0.05) is 6.92 Å². The molecule has 0 aromatic heterocycles. The first-order chi connectivity index (χ1) is 46.2. The van der Waals surface area contributed by atoms with Crippen LogP contribution in [0, 0.1) is 0 Å². The number of carbonyl (C=O) groups is 2. The molecule has 16 N–H and O–H groups in total. The Morgan fingerprint density at radius 3 is 1.26 bits per heavy atom. The molecule has 0 bridgehead atoms. The quantitative estimate of drug-likeness (QED) is 0.0381. The minimum atomic E-state index is -2.09. The van der Waals surface area contributed by atoms with Crippen LogP contribution >= 0.6 is 0 Å². The van der Waals surface area contributed by atoms with Gasteiger partial charge in [-0.3, -0.25) is 9.59 Å². The summed E-state index contributed by atoms with van der Waals surface area (Å²) < 4.78 is 46.7. The third kappa shape index (κ3) is 30.9. The van der Waals surface area contributed by atoms with Gasteiger partial charge in [0.15, 0.2) is 25.2 Å². The van der Waals surface area contributed by atoms with E-state index < -0.39 is 185 Å². The number of aliphatic hydroxyl groups excluding tert-OH is 14. The van der Waals surface area contributed by atoms with Crippen LogP contribution in [-0.2, 0) is 47.5 Å². The lowest BCUT2D eigenvalue weighted by Gasteiger charge is -2.47. The standard InChI is InChI=1S/C70H132N2O24/c1-5-7-9-11-13-15-17-19-21-22-23-24-25-26-28-30-32-34-36-38-40-49(77)66(88)72-47(54(78)48(76)39-37-35-33-31-29-27-20-18-16-14-12-10-8-6-2)42-89-70-65(60(84)55(79)50(41-73)92-70)96-69-62(86)59(83)57(81)52(94-69)43-90-67-53(71-46(4)75)58(82)56(80)51(93-67)44-91-68-63(87)61(85)64(95-68)45(3)74/h45,47-65,67-70,73-74,76-87H,5-44H2,1-4H3,(H,71,75)(H,72,88)/t45-,47-,48+,49+,50+,51+,52+,53+,54-,55-,56-,57-,58+,59-,60-,61-,62+,63-,64+,65+,67+,68-,69+,70-/m0/s1. The van der Waals surface area contributed by atoms with Crippen molar-refractivity contribution in [3.05, 3.63) is 0 Å². The van der Waals surface area contributed by atoms with Gasteiger partial charge in [0.05, 0.1) is 44.7 Å². The Kier molecular flexibility index (Phi) is 44.7. The second-order valence-electron chi connectivity index (χ2n) is 27.8. The van der Waals surface area contributed by atoms with Gasteiger partial charge in [-0.1, -0.05) is 232 Å². The Labute approximate surface area is 571 Å². The minimum Gasteiger partial charge on any atom is -0.394 e. The third-order valence-corrected chi connectivity index (χ3v) is 19.5. The normalized spacial score (nSPS) is 31.8. The van der Waals surface area contributed by atoms with Gasteiger partial charge in [0.2, 0.25) is 11.8 Å². The molecule has 0 saturated carbocycles. The van der Waals surface area contributed by atoms with Gasteiger partial charge in [-0.2, -0.15) is 0 Å². The Morgan fingerprint density at radius 2 is 0.823 bits per heavy atom. The number of rotatable bonds is 54. The van der Waals surface area contributed by atoms with Crippen LogP contribution in [-0.4, -0.2) is 257 Å². The molecule has 0 radical (unpaired) electrons. The summed E-state index contributed by atoms with van der Waals surface area (Å²) in [5.41, 5.74) is 0. The van der Waals surface area contributed by atoms with E-state index in [0.29, 0.717) is 12.8 Å². The number of carbonyl (C=O) groups excluding carboxylic acids is 2. The van der Waals surface area contributed by atoms with Gasteiger partial charge >= 0.3 is 0 Å². The summed E-state index contributed by atoms with van der Waals surface area (Å²) in [5, 5.41) is 159. The zero-order chi connectivity index (χ0) is 70.4. The van der Waals surface area contributed by atoms with Gasteiger partial charge < -0.3 is 120 Å². The Bertz CT molecular complexity index is 1970. The van der Waals surface area contributed by atoms with Crippen LogP contribution in [0.25, 0.3) is 0 Å². The molecule has 0 spiro atoms. The van der Waals surface area contributed by atoms with E-state index in [-0.39, 0.29) is 12.8 Å². The summed E-state index contributed by atoms with van der Waals surface area (Å²) in [4.78, 5) is 26.1. The molecular weight excluding hydrogens is 1250 g/mol. The molecule has 96 heavy (non-hydrogen) atoms. The molecule has 0 aliphatic carbocycles. The van der Waals surface area contributed by atoms with Gasteiger partial charge in [-0.05, 0) is 19.8 Å². The van der Waals surface area contributed by atoms with Gasteiger partial charge in [0.25, 0.3) is 0 Å². The highest BCUT2D eigenvalue weighted by molar-refractivity contribution is 5.80. The SMILES string of the molecule is CCCCCCCCCCCCCCCCCCCCCC[C@@H](O)C(=O)N[C@@H](CO[C@H]1O[C@H](CO)[C@H](O)[C@H](O)[C@H]1O[C@H]1O[C@H](CO[C@@H]2O[C@H](CO[C@H]3O[C@H]([C@H](C)O)[C@@H](O)[C@@H]3O)[C@H](O)[C@H](O)[C@H]2NC(C)=O)[C@H](O)[C@H](O)[C@H]1O)[C@H](O)[C@H](O)CCCCCCCCCCCCCCCC. The lowest BCUT2D eigenvalue weighted by Crippen LogP contribution is -2.66. The van der Waals surface area contributed by atoms with E-state index in [1.54, 1.807) is 0 Å². The Balaban J connectivity index is 1.36. The smallest absolute Gasteiger partial charge is 0.249 e. The maximum absolute atomic E-state index is 13.7. The lowest BCUT2D eigenvalue weighted by atomic mass is 9.96. The highest BCUT2D eigenvalue weighted by Crippen LogP contribution is 2.33. The molecular formula is C70H132N2O24. The van der Waals surface area contributed by atoms with Crippen LogP contribution in [0.5, 0.6) is 0 Å². The van der Waals surface area contributed by atoms with E-state index in [1.165, 1.54) is 155 Å². The molecule has 0 unspecified atom stereocenters. The topological polar surface area (TPSA) is 415 Å². The maximum atomic E-state index is 13.7. The number of amides is 2. The number of nitrogens with one attached hydrogen (secondary N) is 2. The first kappa shape index (κ1) is 86.5. The van der Waals surface area contributed by atoms with Crippen LogP contribution in [0.2, 0.25) is 0 Å². The fourth-order valence-corrected chi connectivity index (χ4v) is 13.3. The van der Waals surface area contributed by atoms with Gasteiger partial charge in [-0.15, -0.1) is 0 Å². The molecule has 2 amide bonds. The monoisotopic (exact) mass is 1380 g/mol. The third-order valence-electron chi connectivity index (χ3n) is 19.5. The maximum Gasteiger partial charge on any atom is 0.249 e. The van der Waals surface area contributed by atoms with Gasteiger partial charge in [-0.25, -0.2) is 0 Å². The molecule has 4 aliphatic heterocycles. The first-order valence-corrected chi connectivity index (χ1v) is 37.3. The number of hydrogen-bond donors (Lipinski definition) is 16. The molecule has 26 nitrogen and oxygen atoms in total. The second kappa shape index (κ2) is 49.6. The van der Waals surface area contributed by atoms with Crippen molar-refractivity contribution in [2.45, 2.75) is 406 Å². The number of ether oxygens (including phenoxy) is 8. The van der Waals surface area contributed by atoms with E-state index in [9.17, 15) is 81.1 Å². The molecule has 4 rings (SSSR count). The van der Waals surface area contributed by atoms with Crippen molar-refractivity contribution in [2.24, 2.45) is 0 Å². The Morgan fingerprint density at radius 1 is 0.427 bits per heavy atom. The zero-order valence-electron chi connectivity index (χ0n) is 58.5. The highest BCUT2D eigenvalue weighted by Gasteiger charge is 2.53. The van der Waals surface area contributed by atoms with E-state index in [4.69, 9.17) is 37.9 Å². The summed E-state index contributed by atoms with van der Waals surface area (Å²) in [7, 11) is 0. The zero-order valence-corrected chi connectivity index (χ0v) is 58.5. The van der Waals surface area contributed by atoms with Crippen molar-refractivity contribution in [3.63, 3.8) is 0 Å². The van der Waals surface area contributed by atoms with Crippen LogP contribution in [0.1, 0.15) is 259 Å². The van der Waals surface area contributed by atoms with Crippen LogP contribution < -0.4 is 10.6 Å². The van der Waals surface area contributed by atoms with Gasteiger partial charge in [0.1, 0.15) is 104 Å². The summed E-state index contributed by atoms with van der Waals surface area (Å²) in [6.07, 6.45) is 2.97. The van der Waals surface area contributed by atoms with Crippen molar-refractivity contribution in [1.29, 1.82) is 0 Å². The van der Waals surface area contributed by atoms with Crippen molar-refractivity contribution in [2.75, 3.05) is 26.4 Å². The van der Waals surface area contributed by atoms with Crippen LogP contribution in [0.3, 0.4) is 0 Å². The summed E-state index contributed by atoms with van der Waals surface area (Å²) in [5.74, 6) is -1.53. The molecule has 0 aromatic rings. The second-order valence-corrected chi connectivity index (χ2v) is 27.8. The average Bonchev–Trinajstić information content (AvgIpc) is 1.00. The van der Waals surface area contributed by atoms with Crippen molar-refractivity contribution >= 4 is 11.8 Å². The number of unbranched alkanes of at least 4 members (excludes halogenated alkanes) is 32. The van der Waals surface area contributed by atoms with E-state index in [2.05, 4.69) is 24.5 Å². The van der Waals surface area contributed by atoms with Crippen molar-refractivity contribution in [3.8, 4) is 0 Å². The molecule has 4 fully saturated rings. The van der Waals surface area contributed by atoms with Crippen LogP contribution in [0.15, 0.2) is 0 Å². The largest absolute Gasteiger partial charge is 0.394 e.